The van der Waals surface area contributed by atoms with E-state index in [0.29, 0.717) is 12.9 Å². The maximum absolute atomic E-state index is 10.7. The molecule has 0 amide bonds. The molecule has 0 unspecified atom stereocenters. The Morgan fingerprint density at radius 3 is 2.50 bits per heavy atom. The number of hydrogen-bond acceptors (Lipinski definition) is 4. The van der Waals surface area contributed by atoms with Gasteiger partial charge in [0.05, 0.1) is 0 Å². The normalized spacial score (nSPS) is 13.4. The van der Waals surface area contributed by atoms with Crippen molar-refractivity contribution in [1.29, 1.82) is 0 Å². The van der Waals surface area contributed by atoms with Crippen molar-refractivity contribution in [3.63, 3.8) is 0 Å². The van der Waals surface area contributed by atoms with Crippen molar-refractivity contribution in [1.82, 2.24) is 5.32 Å². The van der Waals surface area contributed by atoms with Gasteiger partial charge < -0.3 is 0 Å². The van der Waals surface area contributed by atoms with Crippen LogP contribution < -0.4 is 5.32 Å². The Hall–Kier alpha value is -0.355. The van der Waals surface area contributed by atoms with E-state index in [0.717, 1.165) is 0 Å². The summed E-state index contributed by atoms with van der Waals surface area (Å²) < 4.78 is 10.1. The van der Waals surface area contributed by atoms with Gasteiger partial charge in [-0.2, -0.15) is 0 Å². The summed E-state index contributed by atoms with van der Waals surface area (Å²) in [6.07, 6.45) is 0.0850. The summed E-state index contributed by atoms with van der Waals surface area (Å²) in [6.45, 7) is 6.07. The van der Waals surface area contributed by atoms with Gasteiger partial charge >= 0.3 is 88.6 Å². The summed E-state index contributed by atoms with van der Waals surface area (Å²) in [5.41, 5.74) is 0. The summed E-state index contributed by atoms with van der Waals surface area (Å²) >= 11 is 1.56. The number of rotatable bonds is 6. The number of nitrogens with one attached hydrogen (secondary N) is 1. The van der Waals surface area contributed by atoms with Gasteiger partial charge in [-0.3, -0.25) is 0 Å². The Balaban J connectivity index is 3.97. The number of carboxylic acids is 1. The summed E-state index contributed by atoms with van der Waals surface area (Å²) in [5.74, 6) is -0.448. The fraction of sp³-hybridized carbons (Fsp3) is 0.875. The molecule has 0 aliphatic rings. The standard InChI is InChI=1S/C8H16BNO3S/c1-8(2,3)14-4-6(7(11)12)10-5-9-13/h6,10H,4-5H2,1-3H3,(H,11,12)/t6-/m0/s1. The van der Waals surface area contributed by atoms with E-state index in [-0.39, 0.29) is 11.2 Å². The second-order valence-electron chi connectivity index (χ2n) is 3.89. The Labute approximate surface area is 89.1 Å². The van der Waals surface area contributed by atoms with Gasteiger partial charge in [-0.15, -0.1) is 0 Å². The van der Waals surface area contributed by atoms with Crippen molar-refractivity contribution in [3.8, 4) is 0 Å². The van der Waals surface area contributed by atoms with Crippen LogP contribution in [0.5, 0.6) is 0 Å². The number of thioether (sulfide) groups is 1. The second kappa shape index (κ2) is 6.19. The zero-order valence-corrected chi connectivity index (χ0v) is 9.56. The van der Waals surface area contributed by atoms with Gasteiger partial charge in [-0.1, -0.05) is 0 Å². The van der Waals surface area contributed by atoms with Crippen molar-refractivity contribution in [2.75, 3.05) is 12.2 Å². The van der Waals surface area contributed by atoms with Crippen molar-refractivity contribution < 1.29 is 14.6 Å². The average molecular weight is 217 g/mol. The summed E-state index contributed by atoms with van der Waals surface area (Å²) in [6, 6.07) is -0.649. The van der Waals surface area contributed by atoms with Crippen LogP contribution in [0.4, 0.5) is 0 Å². The molecule has 0 aromatic rings. The van der Waals surface area contributed by atoms with Gasteiger partial charge in [0.25, 0.3) is 0 Å². The number of carboxylic acid groups (broad SMARTS) is 1. The first-order valence-electron chi connectivity index (χ1n) is 4.40. The predicted octanol–water partition coefficient (Wildman–Crippen LogP) is 0.568. The van der Waals surface area contributed by atoms with E-state index in [2.05, 4.69) is 5.32 Å². The molecule has 1 atom stereocenters. The van der Waals surface area contributed by atoms with Crippen LogP contribution >= 0.6 is 11.8 Å². The molecule has 0 saturated heterocycles. The third kappa shape index (κ3) is 7.09. The minimum atomic E-state index is -0.913. The van der Waals surface area contributed by atoms with Crippen LogP contribution in [0.3, 0.4) is 0 Å². The minimum absolute atomic E-state index is 0.0383. The van der Waals surface area contributed by atoms with Crippen LogP contribution in [-0.4, -0.2) is 41.2 Å². The zero-order chi connectivity index (χ0) is 11.2. The zero-order valence-electron chi connectivity index (χ0n) is 8.74. The van der Waals surface area contributed by atoms with Crippen molar-refractivity contribution in [3.05, 3.63) is 0 Å². The van der Waals surface area contributed by atoms with Crippen LogP contribution in [-0.2, 0) is 9.50 Å². The fourth-order valence-electron chi connectivity index (χ4n) is 0.741. The molecule has 14 heavy (non-hydrogen) atoms. The van der Waals surface area contributed by atoms with Crippen molar-refractivity contribution >= 4 is 24.9 Å². The third-order valence-corrected chi connectivity index (χ3v) is 2.79. The molecular weight excluding hydrogens is 201 g/mol. The quantitative estimate of drug-likeness (QED) is 0.636. The van der Waals surface area contributed by atoms with Crippen LogP contribution in [0.1, 0.15) is 20.8 Å². The van der Waals surface area contributed by atoms with E-state index in [4.69, 9.17) is 5.11 Å². The number of aliphatic carboxylic acids is 1. The van der Waals surface area contributed by atoms with Crippen LogP contribution in [0.25, 0.3) is 0 Å². The molecule has 2 N–H and O–H groups in total. The maximum atomic E-state index is 10.7. The number of carbonyl (C=O) groups is 1. The molecular formula is C8H16BNO3S. The molecule has 0 saturated carbocycles. The topological polar surface area (TPSA) is 66.4 Å². The average Bonchev–Trinajstić information content (AvgIpc) is 2.01. The Morgan fingerprint density at radius 1 is 1.57 bits per heavy atom. The van der Waals surface area contributed by atoms with Crippen molar-refractivity contribution in [2.24, 2.45) is 0 Å². The number of hydrogen-bond donors (Lipinski definition) is 2. The Bertz CT molecular complexity index is 205. The molecule has 0 fully saturated rings. The molecule has 4 nitrogen and oxygen atoms in total. The van der Waals surface area contributed by atoms with E-state index in [9.17, 15) is 9.50 Å². The first-order valence-corrected chi connectivity index (χ1v) is 5.39. The van der Waals surface area contributed by atoms with E-state index in [1.165, 1.54) is 0 Å². The van der Waals surface area contributed by atoms with Gasteiger partial charge in [0.15, 0.2) is 0 Å². The molecule has 0 aromatic carbocycles. The second-order valence-corrected chi connectivity index (χ2v) is 5.74. The van der Waals surface area contributed by atoms with Gasteiger partial charge in [-0.05, 0) is 0 Å². The summed E-state index contributed by atoms with van der Waals surface area (Å²) in [7, 11) is 0.664. The molecule has 6 heteroatoms. The van der Waals surface area contributed by atoms with Crippen molar-refractivity contribution in [2.45, 2.75) is 31.6 Å². The SMILES string of the molecule is CC(C)(C)SC[C@H](NCB=O)C(=O)O. The van der Waals surface area contributed by atoms with E-state index >= 15 is 0 Å². The molecule has 80 valence electrons. The molecule has 0 aliphatic carbocycles. The van der Waals surface area contributed by atoms with E-state index < -0.39 is 12.0 Å². The van der Waals surface area contributed by atoms with E-state index in [1.54, 1.807) is 11.8 Å². The van der Waals surface area contributed by atoms with Gasteiger partial charge in [-0.25, -0.2) is 0 Å². The Kier molecular flexibility index (Phi) is 6.03. The fourth-order valence-corrected chi connectivity index (χ4v) is 1.67. The predicted molar refractivity (Wildman–Crippen MR) is 58.1 cm³/mol. The van der Waals surface area contributed by atoms with Gasteiger partial charge in [0.2, 0.25) is 0 Å². The third-order valence-electron chi connectivity index (χ3n) is 1.43. The van der Waals surface area contributed by atoms with Gasteiger partial charge in [0.1, 0.15) is 0 Å². The summed E-state index contributed by atoms with van der Waals surface area (Å²) in [5, 5.41) is 11.5. The molecule has 0 aliphatic heterocycles. The molecule has 0 bridgehead atoms. The molecule has 0 aromatic heterocycles. The molecule has 0 spiro atoms. The summed E-state index contributed by atoms with van der Waals surface area (Å²) in [4.78, 5) is 10.7. The van der Waals surface area contributed by atoms with E-state index in [1.807, 2.05) is 20.8 Å². The molecule has 0 radical (unpaired) electrons. The monoisotopic (exact) mass is 217 g/mol. The van der Waals surface area contributed by atoms with Crippen LogP contribution in [0.15, 0.2) is 0 Å². The van der Waals surface area contributed by atoms with Crippen LogP contribution in [0.2, 0.25) is 0 Å². The molecule has 0 heterocycles. The van der Waals surface area contributed by atoms with Crippen LogP contribution in [0, 0.1) is 0 Å². The van der Waals surface area contributed by atoms with Gasteiger partial charge in [0, 0.05) is 0 Å². The first kappa shape index (κ1) is 13.6. The Morgan fingerprint density at radius 2 is 2.14 bits per heavy atom. The molecule has 0 rings (SSSR count). The first-order chi connectivity index (χ1) is 6.37.